The van der Waals surface area contributed by atoms with Crippen molar-refractivity contribution in [3.63, 3.8) is 0 Å². The summed E-state index contributed by atoms with van der Waals surface area (Å²) < 4.78 is 3.95. The largest absolute Gasteiger partial charge is 0.329 e. The van der Waals surface area contributed by atoms with Gasteiger partial charge in [-0.1, -0.05) is 25.4 Å². The number of aromatic nitrogens is 4. The average Bonchev–Trinajstić information content (AvgIpc) is 2.98. The van der Waals surface area contributed by atoms with Gasteiger partial charge >= 0.3 is 0 Å². The lowest BCUT2D eigenvalue weighted by molar-refractivity contribution is 0.584. The van der Waals surface area contributed by atoms with Gasteiger partial charge in [0.15, 0.2) is 0 Å². The topological polar surface area (TPSA) is 61.7 Å². The second-order valence-corrected chi connectivity index (χ2v) is 5.41. The molecule has 0 radical (unpaired) electrons. The lowest BCUT2D eigenvalue weighted by Crippen LogP contribution is -2.24. The third-order valence-electron chi connectivity index (χ3n) is 3.59. The standard InChI is InChI=1S/C14H22ClN5/c1-4-10(16)8-13-17-6-7-20(13)9-12-14(15)11(5-2)18-19(12)3/h6-7,10H,4-5,8-9,16H2,1-3H3. The maximum Gasteiger partial charge on any atom is 0.110 e. The number of rotatable bonds is 6. The van der Waals surface area contributed by atoms with Crippen LogP contribution in [0.5, 0.6) is 0 Å². The second-order valence-electron chi connectivity index (χ2n) is 5.03. The summed E-state index contributed by atoms with van der Waals surface area (Å²) in [5, 5.41) is 5.20. The fourth-order valence-corrected chi connectivity index (χ4v) is 2.56. The third-order valence-corrected chi connectivity index (χ3v) is 4.03. The Labute approximate surface area is 124 Å². The van der Waals surface area contributed by atoms with E-state index in [-0.39, 0.29) is 6.04 Å². The van der Waals surface area contributed by atoms with Gasteiger partial charge in [-0.3, -0.25) is 4.68 Å². The monoisotopic (exact) mass is 295 g/mol. The molecule has 1 unspecified atom stereocenters. The van der Waals surface area contributed by atoms with Crippen LogP contribution >= 0.6 is 11.6 Å². The minimum Gasteiger partial charge on any atom is -0.329 e. The summed E-state index contributed by atoms with van der Waals surface area (Å²) in [5.41, 5.74) is 7.96. The van der Waals surface area contributed by atoms with Crippen molar-refractivity contribution in [1.29, 1.82) is 0 Å². The first kappa shape index (κ1) is 15.1. The van der Waals surface area contributed by atoms with Crippen molar-refractivity contribution in [3.05, 3.63) is 34.6 Å². The molecule has 20 heavy (non-hydrogen) atoms. The Bertz CT molecular complexity index is 572. The molecule has 2 aromatic rings. The van der Waals surface area contributed by atoms with Crippen LogP contribution < -0.4 is 5.73 Å². The molecular weight excluding hydrogens is 274 g/mol. The van der Waals surface area contributed by atoms with Gasteiger partial charge in [0.25, 0.3) is 0 Å². The van der Waals surface area contributed by atoms with E-state index in [9.17, 15) is 0 Å². The summed E-state index contributed by atoms with van der Waals surface area (Å²) in [7, 11) is 1.93. The minimum atomic E-state index is 0.143. The van der Waals surface area contributed by atoms with Crippen LogP contribution in [0.4, 0.5) is 0 Å². The highest BCUT2D eigenvalue weighted by molar-refractivity contribution is 6.31. The molecule has 110 valence electrons. The maximum absolute atomic E-state index is 6.39. The van der Waals surface area contributed by atoms with E-state index in [4.69, 9.17) is 17.3 Å². The SMILES string of the molecule is CCc1nn(C)c(Cn2ccnc2CC(N)CC)c1Cl. The predicted octanol–water partition coefficient (Wildman–Crippen LogP) is 2.16. The van der Waals surface area contributed by atoms with E-state index in [1.54, 1.807) is 0 Å². The van der Waals surface area contributed by atoms with Crippen LogP contribution in [0.25, 0.3) is 0 Å². The van der Waals surface area contributed by atoms with Crippen molar-refractivity contribution in [2.75, 3.05) is 0 Å². The van der Waals surface area contributed by atoms with Crippen molar-refractivity contribution >= 4 is 11.6 Å². The highest BCUT2D eigenvalue weighted by Crippen LogP contribution is 2.22. The Morgan fingerprint density at radius 2 is 2.15 bits per heavy atom. The molecule has 0 bridgehead atoms. The number of imidazole rings is 1. The van der Waals surface area contributed by atoms with E-state index in [0.717, 1.165) is 41.5 Å². The lowest BCUT2D eigenvalue weighted by atomic mass is 10.1. The first-order valence-corrected chi connectivity index (χ1v) is 7.40. The van der Waals surface area contributed by atoms with Crippen molar-refractivity contribution in [2.45, 2.75) is 45.7 Å². The maximum atomic E-state index is 6.39. The zero-order valence-electron chi connectivity index (χ0n) is 12.3. The van der Waals surface area contributed by atoms with Crippen molar-refractivity contribution < 1.29 is 0 Å². The Kier molecular flexibility index (Phi) is 4.83. The first-order valence-electron chi connectivity index (χ1n) is 7.02. The summed E-state index contributed by atoms with van der Waals surface area (Å²) in [4.78, 5) is 4.40. The molecule has 0 fully saturated rings. The average molecular weight is 296 g/mol. The van der Waals surface area contributed by atoms with Crippen molar-refractivity contribution in [1.82, 2.24) is 19.3 Å². The molecule has 5 nitrogen and oxygen atoms in total. The molecule has 6 heteroatoms. The van der Waals surface area contributed by atoms with Crippen LogP contribution in [-0.2, 0) is 26.4 Å². The van der Waals surface area contributed by atoms with Crippen molar-refractivity contribution in [2.24, 2.45) is 12.8 Å². The van der Waals surface area contributed by atoms with Crippen LogP contribution in [0.1, 0.15) is 37.5 Å². The minimum absolute atomic E-state index is 0.143. The third kappa shape index (κ3) is 3.04. The molecule has 1 atom stereocenters. The number of hydrogen-bond acceptors (Lipinski definition) is 3. The molecule has 0 aliphatic rings. The zero-order valence-corrected chi connectivity index (χ0v) is 13.1. The van der Waals surface area contributed by atoms with Crippen LogP contribution in [0.3, 0.4) is 0 Å². The fourth-order valence-electron chi connectivity index (χ4n) is 2.21. The zero-order chi connectivity index (χ0) is 14.7. The Hall–Kier alpha value is -1.33. The van der Waals surface area contributed by atoms with Crippen LogP contribution in [0.15, 0.2) is 12.4 Å². The van der Waals surface area contributed by atoms with E-state index in [0.29, 0.717) is 6.54 Å². The molecule has 0 aliphatic carbocycles. The number of hydrogen-bond donors (Lipinski definition) is 1. The van der Waals surface area contributed by atoms with Gasteiger partial charge in [0.05, 0.1) is 23.0 Å². The summed E-state index contributed by atoms with van der Waals surface area (Å²) in [6, 6.07) is 0.143. The Morgan fingerprint density at radius 1 is 1.40 bits per heavy atom. The summed E-state index contributed by atoms with van der Waals surface area (Å²) in [5.74, 6) is 0.995. The molecule has 0 saturated heterocycles. The molecule has 0 amide bonds. The van der Waals surface area contributed by atoms with Crippen molar-refractivity contribution in [3.8, 4) is 0 Å². The molecule has 0 aliphatic heterocycles. The molecule has 0 saturated carbocycles. The highest BCUT2D eigenvalue weighted by atomic mass is 35.5. The van der Waals surface area contributed by atoms with E-state index in [2.05, 4.69) is 28.5 Å². The summed E-state index contributed by atoms with van der Waals surface area (Å²) >= 11 is 6.39. The first-order chi connectivity index (χ1) is 9.56. The number of nitrogens with two attached hydrogens (primary N) is 1. The van der Waals surface area contributed by atoms with Gasteiger partial charge < -0.3 is 10.3 Å². The molecule has 0 aromatic carbocycles. The van der Waals surface area contributed by atoms with Gasteiger partial charge in [-0.15, -0.1) is 0 Å². The van der Waals surface area contributed by atoms with Crippen LogP contribution in [-0.4, -0.2) is 25.4 Å². The summed E-state index contributed by atoms with van der Waals surface area (Å²) in [6.45, 7) is 4.82. The normalized spacial score (nSPS) is 12.8. The number of nitrogens with zero attached hydrogens (tertiary/aromatic N) is 4. The fraction of sp³-hybridized carbons (Fsp3) is 0.571. The van der Waals surface area contributed by atoms with Gasteiger partial charge in [0.2, 0.25) is 0 Å². The van der Waals surface area contributed by atoms with Gasteiger partial charge in [-0.05, 0) is 12.8 Å². The van der Waals surface area contributed by atoms with Gasteiger partial charge in [0, 0.05) is 31.9 Å². The quantitative estimate of drug-likeness (QED) is 0.888. The second kappa shape index (κ2) is 6.41. The molecule has 2 N–H and O–H groups in total. The highest BCUT2D eigenvalue weighted by Gasteiger charge is 2.15. The Balaban J connectivity index is 2.23. The molecule has 2 rings (SSSR count). The van der Waals surface area contributed by atoms with E-state index in [1.165, 1.54) is 0 Å². The number of halogens is 1. The summed E-state index contributed by atoms with van der Waals surface area (Å²) in [6.07, 6.45) is 6.33. The van der Waals surface area contributed by atoms with Crippen LogP contribution in [0, 0.1) is 0 Å². The molecule has 2 heterocycles. The Morgan fingerprint density at radius 3 is 2.75 bits per heavy atom. The van der Waals surface area contributed by atoms with E-state index < -0.39 is 0 Å². The molecule has 2 aromatic heterocycles. The lowest BCUT2D eigenvalue weighted by Gasteiger charge is -2.11. The smallest absolute Gasteiger partial charge is 0.110 e. The number of aryl methyl sites for hydroxylation is 2. The van der Waals surface area contributed by atoms with E-state index >= 15 is 0 Å². The molecule has 0 spiro atoms. The van der Waals surface area contributed by atoms with Gasteiger partial charge in [0.1, 0.15) is 5.82 Å². The van der Waals surface area contributed by atoms with Gasteiger partial charge in [-0.25, -0.2) is 4.98 Å². The van der Waals surface area contributed by atoms with E-state index in [1.807, 2.05) is 24.1 Å². The van der Waals surface area contributed by atoms with Gasteiger partial charge in [-0.2, -0.15) is 5.10 Å². The molecular formula is C14H22ClN5. The predicted molar refractivity (Wildman–Crippen MR) is 80.9 cm³/mol. The van der Waals surface area contributed by atoms with Crippen LogP contribution in [0.2, 0.25) is 5.02 Å².